The van der Waals surface area contributed by atoms with E-state index in [1.165, 1.54) is 24.3 Å². The second kappa shape index (κ2) is 10.0. The maximum atomic E-state index is 13.6. The number of anilines is 1. The van der Waals surface area contributed by atoms with Gasteiger partial charge in [-0.15, -0.1) is 0 Å². The molecule has 1 amide bonds. The van der Waals surface area contributed by atoms with E-state index >= 15 is 0 Å². The first-order chi connectivity index (χ1) is 15.5. The summed E-state index contributed by atoms with van der Waals surface area (Å²) in [5.74, 6) is -2.39. The molecule has 0 bridgehead atoms. The molecule has 0 fully saturated rings. The van der Waals surface area contributed by atoms with Gasteiger partial charge in [0.1, 0.15) is 11.9 Å². The van der Waals surface area contributed by atoms with Crippen molar-refractivity contribution >= 4 is 37.5 Å². The summed E-state index contributed by atoms with van der Waals surface area (Å²) >= 11 is 3.21. The zero-order valence-electron chi connectivity index (χ0n) is 16.7. The number of nitrogens with one attached hydrogen (secondary N) is 2. The normalized spacial score (nSPS) is 12.9. The Morgan fingerprint density at radius 3 is 2.21 bits per heavy atom. The van der Waals surface area contributed by atoms with Gasteiger partial charge in [0.05, 0.1) is 10.5 Å². The molecule has 3 rings (SSSR count). The standard InChI is InChI=1S/C22H17BrF4N2O3S/c23-15-6-9-17(10-7-15)33(31,32)29-20(12-14-4-2-1-3-5-14)21(30)28-16-8-11-19(24)18(13-16)22(25,26)27/h1-11,13,20,29H,12H2,(H,28,30)/t20-/m0/s1. The van der Waals surface area contributed by atoms with Crippen LogP contribution in [0, 0.1) is 5.82 Å². The molecule has 1 atom stereocenters. The summed E-state index contributed by atoms with van der Waals surface area (Å²) in [6.45, 7) is 0. The maximum Gasteiger partial charge on any atom is 0.419 e. The Morgan fingerprint density at radius 2 is 1.61 bits per heavy atom. The van der Waals surface area contributed by atoms with Crippen LogP contribution < -0.4 is 10.0 Å². The van der Waals surface area contributed by atoms with Gasteiger partial charge in [-0.1, -0.05) is 46.3 Å². The number of hydrogen-bond donors (Lipinski definition) is 2. The van der Waals surface area contributed by atoms with Crippen molar-refractivity contribution < 1.29 is 30.8 Å². The molecular weight excluding hydrogens is 528 g/mol. The van der Waals surface area contributed by atoms with Gasteiger partial charge < -0.3 is 5.32 Å². The second-order valence-corrected chi connectivity index (χ2v) is 9.63. The number of rotatable bonds is 7. The summed E-state index contributed by atoms with van der Waals surface area (Å²) in [6.07, 6.45) is -5.03. The third kappa shape index (κ3) is 6.62. The van der Waals surface area contributed by atoms with Crippen molar-refractivity contribution in [2.75, 3.05) is 5.32 Å². The van der Waals surface area contributed by atoms with Crippen LogP contribution in [0.25, 0.3) is 0 Å². The lowest BCUT2D eigenvalue weighted by Crippen LogP contribution is -2.45. The Balaban J connectivity index is 1.89. The number of alkyl halides is 3. The summed E-state index contributed by atoms with van der Waals surface area (Å²) in [4.78, 5) is 12.8. The van der Waals surface area contributed by atoms with Crippen LogP contribution in [0.4, 0.5) is 23.2 Å². The first-order valence-electron chi connectivity index (χ1n) is 9.45. The smallest absolute Gasteiger partial charge is 0.325 e. The van der Waals surface area contributed by atoms with E-state index in [1.54, 1.807) is 30.3 Å². The van der Waals surface area contributed by atoms with Crippen LogP contribution in [0.3, 0.4) is 0 Å². The van der Waals surface area contributed by atoms with E-state index in [9.17, 15) is 30.8 Å². The first kappa shape index (κ1) is 24.9. The summed E-state index contributed by atoms with van der Waals surface area (Å²) < 4.78 is 81.2. The van der Waals surface area contributed by atoms with E-state index in [2.05, 4.69) is 26.0 Å². The Morgan fingerprint density at radius 1 is 0.970 bits per heavy atom. The fourth-order valence-electron chi connectivity index (χ4n) is 2.96. The first-order valence-corrected chi connectivity index (χ1v) is 11.7. The van der Waals surface area contributed by atoms with Crippen molar-refractivity contribution in [3.8, 4) is 0 Å². The lowest BCUT2D eigenvalue weighted by molar-refractivity contribution is -0.140. The molecule has 0 aliphatic rings. The SMILES string of the molecule is O=C(Nc1ccc(F)c(C(F)(F)F)c1)[C@H](Cc1ccccc1)NS(=O)(=O)c1ccc(Br)cc1. The lowest BCUT2D eigenvalue weighted by atomic mass is 10.1. The highest BCUT2D eigenvalue weighted by molar-refractivity contribution is 9.10. The van der Waals surface area contributed by atoms with Crippen LogP contribution >= 0.6 is 15.9 Å². The average molecular weight is 545 g/mol. The molecule has 0 saturated carbocycles. The van der Waals surface area contributed by atoms with Crippen molar-refractivity contribution in [3.05, 3.63) is 94.2 Å². The fourth-order valence-corrected chi connectivity index (χ4v) is 4.42. The van der Waals surface area contributed by atoms with Crippen LogP contribution in [0.5, 0.6) is 0 Å². The van der Waals surface area contributed by atoms with Crippen LogP contribution in [0.15, 0.2) is 82.2 Å². The molecule has 0 saturated heterocycles. The molecule has 0 radical (unpaired) electrons. The van der Waals surface area contributed by atoms with Crippen molar-refractivity contribution in [1.29, 1.82) is 0 Å². The highest BCUT2D eigenvalue weighted by atomic mass is 79.9. The number of hydrogen-bond acceptors (Lipinski definition) is 3. The van der Waals surface area contributed by atoms with Gasteiger partial charge in [0.25, 0.3) is 0 Å². The van der Waals surface area contributed by atoms with Gasteiger partial charge in [-0.25, -0.2) is 12.8 Å². The molecule has 0 heterocycles. The number of benzene rings is 3. The van der Waals surface area contributed by atoms with Crippen molar-refractivity contribution in [3.63, 3.8) is 0 Å². The third-order valence-electron chi connectivity index (χ3n) is 4.56. The number of amides is 1. The maximum absolute atomic E-state index is 13.6. The van der Waals surface area contributed by atoms with Gasteiger partial charge in [-0.3, -0.25) is 4.79 Å². The van der Waals surface area contributed by atoms with E-state index in [0.29, 0.717) is 22.2 Å². The summed E-state index contributed by atoms with van der Waals surface area (Å²) in [5, 5.41) is 2.25. The molecule has 3 aromatic carbocycles. The molecule has 0 aliphatic heterocycles. The zero-order chi connectivity index (χ0) is 24.2. The van der Waals surface area contributed by atoms with Gasteiger partial charge in [-0.2, -0.15) is 17.9 Å². The molecule has 3 aromatic rings. The molecule has 11 heteroatoms. The minimum absolute atomic E-state index is 0.0737. The van der Waals surface area contributed by atoms with Crippen LogP contribution in [0.1, 0.15) is 11.1 Å². The zero-order valence-corrected chi connectivity index (χ0v) is 19.1. The quantitative estimate of drug-likeness (QED) is 0.404. The van der Waals surface area contributed by atoms with E-state index < -0.39 is 39.5 Å². The Bertz CT molecular complexity index is 1230. The third-order valence-corrected chi connectivity index (χ3v) is 6.58. The monoisotopic (exact) mass is 544 g/mol. The van der Waals surface area contributed by atoms with Crippen LogP contribution in [-0.4, -0.2) is 20.4 Å². The lowest BCUT2D eigenvalue weighted by Gasteiger charge is -2.19. The van der Waals surface area contributed by atoms with E-state index in [1.807, 2.05) is 0 Å². The highest BCUT2D eigenvalue weighted by Crippen LogP contribution is 2.33. The van der Waals surface area contributed by atoms with Gasteiger partial charge in [0.15, 0.2) is 0 Å². The molecule has 0 aromatic heterocycles. The minimum atomic E-state index is -4.96. The number of halogens is 5. The molecule has 5 nitrogen and oxygen atoms in total. The van der Waals surface area contributed by atoms with E-state index in [4.69, 9.17) is 0 Å². The van der Waals surface area contributed by atoms with Gasteiger partial charge >= 0.3 is 6.18 Å². The minimum Gasteiger partial charge on any atom is -0.325 e. The van der Waals surface area contributed by atoms with Gasteiger partial charge in [0, 0.05) is 10.2 Å². The topological polar surface area (TPSA) is 75.3 Å². The van der Waals surface area contributed by atoms with Crippen molar-refractivity contribution in [1.82, 2.24) is 4.72 Å². The Labute approximate surface area is 196 Å². The van der Waals surface area contributed by atoms with Gasteiger partial charge in [0.2, 0.25) is 15.9 Å². The second-order valence-electron chi connectivity index (χ2n) is 7.00. The number of carbonyl (C=O) groups excluding carboxylic acids is 1. The summed E-state index contributed by atoms with van der Waals surface area (Å²) in [5.41, 5.74) is -1.25. The molecule has 174 valence electrons. The van der Waals surface area contributed by atoms with Crippen LogP contribution in [-0.2, 0) is 27.4 Å². The Hall–Kier alpha value is -2.76. The average Bonchev–Trinajstić information content (AvgIpc) is 2.74. The molecule has 33 heavy (non-hydrogen) atoms. The molecule has 2 N–H and O–H groups in total. The van der Waals surface area contributed by atoms with Crippen LogP contribution in [0.2, 0.25) is 0 Å². The largest absolute Gasteiger partial charge is 0.419 e. The van der Waals surface area contributed by atoms with Gasteiger partial charge in [-0.05, 0) is 54.4 Å². The predicted octanol–water partition coefficient (Wildman–Crippen LogP) is 5.14. The number of sulfonamides is 1. The predicted molar refractivity (Wildman–Crippen MR) is 118 cm³/mol. The van der Waals surface area contributed by atoms with Crippen molar-refractivity contribution in [2.45, 2.75) is 23.5 Å². The summed E-state index contributed by atoms with van der Waals surface area (Å²) in [6, 6.07) is 14.8. The fraction of sp³-hybridized carbons (Fsp3) is 0.136. The molecular formula is C22H17BrF4N2O3S. The molecule has 0 aliphatic carbocycles. The van der Waals surface area contributed by atoms with Crippen molar-refractivity contribution in [2.24, 2.45) is 0 Å². The van der Waals surface area contributed by atoms with E-state index in [-0.39, 0.29) is 17.0 Å². The Kier molecular flexibility index (Phi) is 7.55. The highest BCUT2D eigenvalue weighted by Gasteiger charge is 2.34. The molecule has 0 unspecified atom stereocenters. The summed E-state index contributed by atoms with van der Waals surface area (Å²) in [7, 11) is -4.14. The molecule has 0 spiro atoms. The van der Waals surface area contributed by atoms with E-state index in [0.717, 1.165) is 6.07 Å². The number of carbonyl (C=O) groups is 1.